The minimum atomic E-state index is -0.965. The van der Waals surface area contributed by atoms with E-state index in [-0.39, 0.29) is 0 Å². The Morgan fingerprint density at radius 1 is 0.704 bits per heavy atom. The molecule has 3 aromatic rings. The fourth-order valence-electron chi connectivity index (χ4n) is 3.90. The van der Waals surface area contributed by atoms with Crippen LogP contribution in [0.3, 0.4) is 0 Å². The molecule has 0 unspecified atom stereocenters. The summed E-state index contributed by atoms with van der Waals surface area (Å²) >= 11 is 0. The van der Waals surface area contributed by atoms with Gasteiger partial charge in [-0.2, -0.15) is 0 Å². The molecule has 0 aromatic heterocycles. The van der Waals surface area contributed by atoms with Gasteiger partial charge < -0.3 is 0 Å². The Hall–Kier alpha value is -2.55. The maximum atomic E-state index is 14.7. The smallest absolute Gasteiger partial charge is 0.159 e. The lowest BCUT2D eigenvalue weighted by Gasteiger charge is -2.08. The summed E-state index contributed by atoms with van der Waals surface area (Å²) in [4.78, 5) is 0. The Kier molecular flexibility index (Phi) is 4.77. The molecule has 0 amide bonds. The first kappa shape index (κ1) is 17.8. The molecular formula is C24H21F3. The minimum Gasteiger partial charge on any atom is -0.206 e. The van der Waals surface area contributed by atoms with Crippen LogP contribution in [0.5, 0.6) is 0 Å². The maximum absolute atomic E-state index is 14.7. The van der Waals surface area contributed by atoms with Crippen molar-refractivity contribution in [1.29, 1.82) is 0 Å². The van der Waals surface area contributed by atoms with E-state index in [2.05, 4.69) is 25.1 Å². The van der Waals surface area contributed by atoms with Crippen molar-refractivity contribution in [3.8, 4) is 22.3 Å². The van der Waals surface area contributed by atoms with Crippen molar-refractivity contribution in [3.63, 3.8) is 0 Å². The quantitative estimate of drug-likeness (QED) is 0.331. The number of halogens is 3. The molecule has 0 spiro atoms. The van der Waals surface area contributed by atoms with E-state index in [4.69, 9.17) is 0 Å². The summed E-state index contributed by atoms with van der Waals surface area (Å²) in [7, 11) is 0. The normalized spacial score (nSPS) is 12.1. The Bertz CT molecular complexity index is 1000. The summed E-state index contributed by atoms with van der Waals surface area (Å²) in [5.41, 5.74) is 6.18. The van der Waals surface area contributed by atoms with Gasteiger partial charge in [-0.1, -0.05) is 44.0 Å². The third kappa shape index (κ3) is 3.39. The number of hydrogen-bond donors (Lipinski definition) is 0. The van der Waals surface area contributed by atoms with Crippen LogP contribution in [0.25, 0.3) is 22.3 Å². The van der Waals surface area contributed by atoms with Crippen LogP contribution in [0.2, 0.25) is 0 Å². The zero-order valence-electron chi connectivity index (χ0n) is 15.3. The molecule has 1 aliphatic rings. The van der Waals surface area contributed by atoms with Gasteiger partial charge in [0.2, 0.25) is 0 Å². The third-order valence-electron chi connectivity index (χ3n) is 5.33. The van der Waals surface area contributed by atoms with Gasteiger partial charge in [-0.15, -0.1) is 0 Å². The molecule has 0 nitrogen and oxygen atoms in total. The van der Waals surface area contributed by atoms with Crippen molar-refractivity contribution in [3.05, 3.63) is 82.7 Å². The number of hydrogen-bond acceptors (Lipinski definition) is 0. The Morgan fingerprint density at radius 2 is 1.52 bits per heavy atom. The number of unbranched alkanes of at least 4 members (excludes halogenated alkanes) is 2. The van der Waals surface area contributed by atoms with E-state index in [1.165, 1.54) is 42.5 Å². The Morgan fingerprint density at radius 3 is 2.30 bits per heavy atom. The van der Waals surface area contributed by atoms with Gasteiger partial charge >= 0.3 is 0 Å². The molecule has 0 atom stereocenters. The average molecular weight is 366 g/mol. The zero-order chi connectivity index (χ0) is 19.0. The lowest BCUT2D eigenvalue weighted by atomic mass is 9.98. The number of benzene rings is 3. The fourth-order valence-corrected chi connectivity index (χ4v) is 3.90. The summed E-state index contributed by atoms with van der Waals surface area (Å²) in [6, 6.07) is 13.2. The fraction of sp³-hybridized carbons (Fsp3) is 0.250. The predicted molar refractivity (Wildman–Crippen MR) is 103 cm³/mol. The molecule has 3 heteroatoms. The molecule has 1 aliphatic carbocycles. The molecule has 0 bridgehead atoms. The summed E-state index contributed by atoms with van der Waals surface area (Å²) in [5, 5.41) is 0. The summed E-state index contributed by atoms with van der Waals surface area (Å²) < 4.78 is 41.5. The van der Waals surface area contributed by atoms with Gasteiger partial charge in [0, 0.05) is 5.56 Å². The standard InChI is InChI=1S/C24H21F3/c1-2-3-4-5-15-6-8-19-17(10-15)11-18-12-21(23(26)14-20(18)19)16-7-9-22(25)24(27)13-16/h6-10,12-14H,2-5,11H2,1H3. The highest BCUT2D eigenvalue weighted by molar-refractivity contribution is 5.80. The van der Waals surface area contributed by atoms with E-state index in [9.17, 15) is 13.2 Å². The van der Waals surface area contributed by atoms with E-state index < -0.39 is 17.5 Å². The largest absolute Gasteiger partial charge is 0.206 e. The highest BCUT2D eigenvalue weighted by Gasteiger charge is 2.22. The molecule has 0 N–H and O–H groups in total. The van der Waals surface area contributed by atoms with Crippen LogP contribution in [0.4, 0.5) is 13.2 Å². The second kappa shape index (κ2) is 7.22. The zero-order valence-corrected chi connectivity index (χ0v) is 15.3. The van der Waals surface area contributed by atoms with Crippen molar-refractivity contribution < 1.29 is 13.2 Å². The Balaban J connectivity index is 1.67. The second-order valence-corrected chi connectivity index (χ2v) is 7.24. The van der Waals surface area contributed by atoms with Crippen LogP contribution in [0, 0.1) is 17.5 Å². The lowest BCUT2D eigenvalue weighted by molar-refractivity contribution is 0.509. The van der Waals surface area contributed by atoms with Crippen LogP contribution in [0.15, 0.2) is 48.5 Å². The van der Waals surface area contributed by atoms with Crippen LogP contribution < -0.4 is 0 Å². The van der Waals surface area contributed by atoms with Gasteiger partial charge in [0.25, 0.3) is 0 Å². The summed E-state index contributed by atoms with van der Waals surface area (Å²) in [6.45, 7) is 2.19. The molecule has 138 valence electrons. The van der Waals surface area contributed by atoms with Gasteiger partial charge in [-0.05, 0) is 76.9 Å². The summed E-state index contributed by atoms with van der Waals surface area (Å²) in [5.74, 6) is -2.31. The van der Waals surface area contributed by atoms with E-state index in [1.807, 2.05) is 0 Å². The molecule has 0 radical (unpaired) electrons. The third-order valence-corrected chi connectivity index (χ3v) is 5.33. The van der Waals surface area contributed by atoms with Crippen molar-refractivity contribution in [2.24, 2.45) is 0 Å². The van der Waals surface area contributed by atoms with Crippen LogP contribution in [-0.4, -0.2) is 0 Å². The van der Waals surface area contributed by atoms with Gasteiger partial charge in [-0.3, -0.25) is 0 Å². The first-order chi connectivity index (χ1) is 13.1. The molecule has 0 saturated carbocycles. The van der Waals surface area contributed by atoms with Gasteiger partial charge in [0.05, 0.1) is 0 Å². The average Bonchev–Trinajstić information content (AvgIpc) is 3.00. The highest BCUT2D eigenvalue weighted by atomic mass is 19.2. The molecular weight excluding hydrogens is 345 g/mol. The SMILES string of the molecule is CCCCCc1ccc2c(c1)Cc1cc(-c3ccc(F)c(F)c3)c(F)cc1-2. The predicted octanol–water partition coefficient (Wildman–Crippen LogP) is 7.07. The molecule has 4 rings (SSSR count). The summed E-state index contributed by atoms with van der Waals surface area (Å²) in [6.07, 6.45) is 5.40. The molecule has 0 fully saturated rings. The Labute approximate surface area is 157 Å². The first-order valence-electron chi connectivity index (χ1n) is 9.47. The molecule has 0 heterocycles. The van der Waals surface area contributed by atoms with Crippen molar-refractivity contribution in [1.82, 2.24) is 0 Å². The van der Waals surface area contributed by atoms with E-state index in [0.717, 1.165) is 41.7 Å². The monoisotopic (exact) mass is 366 g/mol. The highest BCUT2D eigenvalue weighted by Crippen LogP contribution is 2.40. The molecule has 0 aliphatic heterocycles. The van der Waals surface area contributed by atoms with Gasteiger partial charge in [-0.25, -0.2) is 13.2 Å². The molecule has 3 aromatic carbocycles. The van der Waals surface area contributed by atoms with Crippen LogP contribution in [-0.2, 0) is 12.8 Å². The number of rotatable bonds is 5. The van der Waals surface area contributed by atoms with Crippen LogP contribution in [0.1, 0.15) is 42.9 Å². The van der Waals surface area contributed by atoms with E-state index >= 15 is 0 Å². The lowest BCUT2D eigenvalue weighted by Crippen LogP contribution is -1.91. The van der Waals surface area contributed by atoms with Crippen LogP contribution >= 0.6 is 0 Å². The topological polar surface area (TPSA) is 0 Å². The van der Waals surface area contributed by atoms with E-state index in [1.54, 1.807) is 6.07 Å². The molecule has 27 heavy (non-hydrogen) atoms. The van der Waals surface area contributed by atoms with Gasteiger partial charge in [0.1, 0.15) is 5.82 Å². The molecule has 0 saturated heterocycles. The number of fused-ring (bicyclic) bond motifs is 3. The van der Waals surface area contributed by atoms with Crippen molar-refractivity contribution >= 4 is 0 Å². The second-order valence-electron chi connectivity index (χ2n) is 7.24. The maximum Gasteiger partial charge on any atom is 0.159 e. The number of aryl methyl sites for hydroxylation is 1. The van der Waals surface area contributed by atoms with Crippen molar-refractivity contribution in [2.75, 3.05) is 0 Å². The first-order valence-corrected chi connectivity index (χ1v) is 9.47. The van der Waals surface area contributed by atoms with E-state index in [0.29, 0.717) is 11.1 Å². The van der Waals surface area contributed by atoms with Crippen molar-refractivity contribution in [2.45, 2.75) is 39.0 Å². The van der Waals surface area contributed by atoms with Gasteiger partial charge in [0.15, 0.2) is 11.6 Å². The minimum absolute atomic E-state index is 0.309.